The molecule has 0 saturated heterocycles. The van der Waals surface area contributed by atoms with Gasteiger partial charge in [0.2, 0.25) is 0 Å². The second kappa shape index (κ2) is 4.63. The van der Waals surface area contributed by atoms with Crippen molar-refractivity contribution in [1.29, 1.82) is 5.41 Å². The van der Waals surface area contributed by atoms with E-state index in [1.807, 2.05) is 24.4 Å². The van der Waals surface area contributed by atoms with E-state index in [4.69, 9.17) is 11.1 Å². The lowest BCUT2D eigenvalue weighted by Gasteiger charge is -2.00. The monoisotopic (exact) mass is 250 g/mol. The fourth-order valence-electron chi connectivity index (χ4n) is 1.09. The SMILES string of the molecule is Cc1csc(Sc2cccc(C(=N)N)n2)n1. The Bertz CT molecular complexity index is 521. The molecule has 2 rings (SSSR count). The summed E-state index contributed by atoms with van der Waals surface area (Å²) < 4.78 is 0.950. The number of nitrogens with zero attached hydrogens (tertiary/aromatic N) is 2. The topological polar surface area (TPSA) is 75.7 Å². The average molecular weight is 250 g/mol. The van der Waals surface area contributed by atoms with Crippen LogP contribution in [0.15, 0.2) is 32.9 Å². The quantitative estimate of drug-likeness (QED) is 0.647. The lowest BCUT2D eigenvalue weighted by Crippen LogP contribution is -2.12. The third-order valence-electron chi connectivity index (χ3n) is 1.79. The van der Waals surface area contributed by atoms with Gasteiger partial charge in [-0.3, -0.25) is 5.41 Å². The van der Waals surface area contributed by atoms with Crippen molar-refractivity contribution >= 4 is 28.9 Å². The first-order chi connectivity index (χ1) is 7.65. The summed E-state index contributed by atoms with van der Waals surface area (Å²) in [7, 11) is 0. The van der Waals surface area contributed by atoms with Gasteiger partial charge in [-0.05, 0) is 30.8 Å². The highest BCUT2D eigenvalue weighted by atomic mass is 32.2. The Balaban J connectivity index is 2.21. The van der Waals surface area contributed by atoms with Crippen LogP contribution in [0.1, 0.15) is 11.4 Å². The van der Waals surface area contributed by atoms with Crippen molar-refractivity contribution in [3.63, 3.8) is 0 Å². The number of thiazole rings is 1. The molecule has 0 amide bonds. The molecule has 0 aliphatic carbocycles. The Morgan fingerprint density at radius 2 is 2.25 bits per heavy atom. The van der Waals surface area contributed by atoms with Crippen LogP contribution in [0, 0.1) is 12.3 Å². The molecule has 16 heavy (non-hydrogen) atoms. The molecule has 2 aromatic heterocycles. The third kappa shape index (κ3) is 2.59. The van der Waals surface area contributed by atoms with E-state index < -0.39 is 0 Å². The molecular formula is C10H10N4S2. The fraction of sp³-hybridized carbons (Fsp3) is 0.100. The second-order valence-corrected chi connectivity index (χ2v) is 5.26. The van der Waals surface area contributed by atoms with E-state index in [-0.39, 0.29) is 5.84 Å². The number of aromatic nitrogens is 2. The second-order valence-electron chi connectivity index (χ2n) is 3.13. The molecule has 6 heteroatoms. The minimum Gasteiger partial charge on any atom is -0.382 e. The van der Waals surface area contributed by atoms with E-state index in [1.54, 1.807) is 17.4 Å². The van der Waals surface area contributed by atoms with E-state index in [1.165, 1.54) is 11.8 Å². The number of amidine groups is 1. The normalized spacial score (nSPS) is 10.3. The van der Waals surface area contributed by atoms with Crippen molar-refractivity contribution < 1.29 is 0 Å². The van der Waals surface area contributed by atoms with Crippen LogP contribution in [0.5, 0.6) is 0 Å². The van der Waals surface area contributed by atoms with Gasteiger partial charge in [-0.1, -0.05) is 6.07 Å². The van der Waals surface area contributed by atoms with E-state index in [0.717, 1.165) is 15.1 Å². The standard InChI is InChI=1S/C10H10N4S2/c1-6-5-15-10(13-6)16-8-4-2-3-7(14-8)9(11)12/h2-5H,1H3,(H3,11,12). The van der Waals surface area contributed by atoms with Crippen molar-refractivity contribution in [3.05, 3.63) is 35.0 Å². The van der Waals surface area contributed by atoms with Crippen LogP contribution in [0.4, 0.5) is 0 Å². The number of pyridine rings is 1. The van der Waals surface area contributed by atoms with Crippen LogP contribution in [0.3, 0.4) is 0 Å². The molecule has 2 aromatic rings. The third-order valence-corrected chi connectivity index (χ3v) is 3.78. The summed E-state index contributed by atoms with van der Waals surface area (Å²) in [4.78, 5) is 8.59. The number of rotatable bonds is 3. The lowest BCUT2D eigenvalue weighted by atomic mass is 10.3. The predicted octanol–water partition coefficient (Wildman–Crippen LogP) is 2.28. The van der Waals surface area contributed by atoms with Crippen LogP contribution in [0.2, 0.25) is 0 Å². The molecule has 2 heterocycles. The Hall–Kier alpha value is -1.40. The molecule has 0 radical (unpaired) electrons. The van der Waals surface area contributed by atoms with Gasteiger partial charge in [0.25, 0.3) is 0 Å². The predicted molar refractivity (Wildman–Crippen MR) is 66.2 cm³/mol. The van der Waals surface area contributed by atoms with E-state index in [0.29, 0.717) is 5.69 Å². The van der Waals surface area contributed by atoms with E-state index >= 15 is 0 Å². The molecule has 4 nitrogen and oxygen atoms in total. The first-order valence-corrected chi connectivity index (χ1v) is 6.26. The van der Waals surface area contributed by atoms with Gasteiger partial charge in [-0.15, -0.1) is 11.3 Å². The molecule has 0 fully saturated rings. The minimum atomic E-state index is -0.0160. The van der Waals surface area contributed by atoms with Gasteiger partial charge >= 0.3 is 0 Å². The van der Waals surface area contributed by atoms with Crippen molar-refractivity contribution in [3.8, 4) is 0 Å². The average Bonchev–Trinajstić information content (AvgIpc) is 2.64. The summed E-state index contributed by atoms with van der Waals surface area (Å²) in [5.41, 5.74) is 6.89. The van der Waals surface area contributed by atoms with Gasteiger partial charge in [0.1, 0.15) is 16.6 Å². The number of aryl methyl sites for hydroxylation is 1. The van der Waals surface area contributed by atoms with Crippen molar-refractivity contribution in [2.24, 2.45) is 5.73 Å². The molecule has 0 bridgehead atoms. The molecule has 3 N–H and O–H groups in total. The molecule has 0 aliphatic heterocycles. The highest BCUT2D eigenvalue weighted by Gasteiger charge is 2.05. The number of nitrogens with one attached hydrogen (secondary N) is 1. The van der Waals surface area contributed by atoms with Gasteiger partial charge in [0.05, 0.1) is 0 Å². The highest BCUT2D eigenvalue weighted by Crippen LogP contribution is 2.28. The number of hydrogen-bond acceptors (Lipinski definition) is 5. The summed E-state index contributed by atoms with van der Waals surface area (Å²) in [6.45, 7) is 1.96. The molecule has 0 spiro atoms. The Morgan fingerprint density at radius 3 is 2.88 bits per heavy atom. The maximum absolute atomic E-state index is 7.31. The zero-order chi connectivity index (χ0) is 11.5. The highest BCUT2D eigenvalue weighted by molar-refractivity contribution is 8.01. The maximum atomic E-state index is 7.31. The summed E-state index contributed by atoms with van der Waals surface area (Å²) in [5.74, 6) is -0.0160. The molecule has 0 atom stereocenters. The Kier molecular flexibility index (Phi) is 3.21. The molecule has 0 unspecified atom stereocenters. The maximum Gasteiger partial charge on any atom is 0.156 e. The summed E-state index contributed by atoms with van der Waals surface area (Å²) >= 11 is 3.07. The molecule has 0 aromatic carbocycles. The summed E-state index contributed by atoms with van der Waals surface area (Å²) in [5, 5.41) is 10.1. The van der Waals surface area contributed by atoms with Gasteiger partial charge < -0.3 is 5.73 Å². The largest absolute Gasteiger partial charge is 0.382 e. The molecule has 0 aliphatic rings. The van der Waals surface area contributed by atoms with Gasteiger partial charge in [-0.25, -0.2) is 9.97 Å². The number of nitrogens with two attached hydrogens (primary N) is 1. The number of nitrogen functional groups attached to an aromatic ring is 1. The van der Waals surface area contributed by atoms with Crippen molar-refractivity contribution in [2.45, 2.75) is 16.3 Å². The number of hydrogen-bond donors (Lipinski definition) is 2. The Morgan fingerprint density at radius 1 is 1.44 bits per heavy atom. The van der Waals surface area contributed by atoms with Crippen LogP contribution in [0.25, 0.3) is 0 Å². The zero-order valence-corrected chi connectivity index (χ0v) is 10.2. The zero-order valence-electron chi connectivity index (χ0n) is 8.60. The van der Waals surface area contributed by atoms with Crippen LogP contribution in [-0.2, 0) is 0 Å². The van der Waals surface area contributed by atoms with Gasteiger partial charge in [-0.2, -0.15) is 0 Å². The molecule has 0 saturated carbocycles. The summed E-state index contributed by atoms with van der Waals surface area (Å²) in [6.07, 6.45) is 0. The Labute approximate surface area is 101 Å². The fourth-order valence-corrected chi connectivity index (χ4v) is 2.86. The van der Waals surface area contributed by atoms with Crippen LogP contribution in [-0.4, -0.2) is 15.8 Å². The van der Waals surface area contributed by atoms with Crippen molar-refractivity contribution in [1.82, 2.24) is 9.97 Å². The smallest absolute Gasteiger partial charge is 0.156 e. The van der Waals surface area contributed by atoms with Crippen LogP contribution < -0.4 is 5.73 Å². The first-order valence-electron chi connectivity index (χ1n) is 4.56. The minimum absolute atomic E-state index is 0.0160. The van der Waals surface area contributed by atoms with E-state index in [9.17, 15) is 0 Å². The molecular weight excluding hydrogens is 240 g/mol. The van der Waals surface area contributed by atoms with Gasteiger partial charge in [0, 0.05) is 11.1 Å². The lowest BCUT2D eigenvalue weighted by molar-refractivity contribution is 1.09. The van der Waals surface area contributed by atoms with E-state index in [2.05, 4.69) is 9.97 Å². The van der Waals surface area contributed by atoms with Crippen molar-refractivity contribution in [2.75, 3.05) is 0 Å². The molecule has 82 valence electrons. The first kappa shape index (κ1) is 11.1. The van der Waals surface area contributed by atoms with Crippen LogP contribution >= 0.6 is 23.1 Å². The van der Waals surface area contributed by atoms with Gasteiger partial charge in [0.15, 0.2) is 4.34 Å². The summed E-state index contributed by atoms with van der Waals surface area (Å²) in [6, 6.07) is 5.44.